The van der Waals surface area contributed by atoms with Crippen LogP contribution >= 0.6 is 0 Å². The average Bonchev–Trinajstić information content (AvgIpc) is 3.09. The summed E-state index contributed by atoms with van der Waals surface area (Å²) in [6, 6.07) is 8.84. The molecular formula is C18H18N2O7S. The van der Waals surface area contributed by atoms with Crippen molar-refractivity contribution in [3.8, 4) is 11.5 Å². The van der Waals surface area contributed by atoms with Crippen molar-refractivity contribution in [2.45, 2.75) is 6.42 Å². The SMILES string of the molecule is COc1ccc(OCC(=O)c2ccc3c(c2)CCN3S(C)(=O)=O)c([N+](=O)[O-])c1. The molecule has 2 aromatic carbocycles. The second-order valence-electron chi connectivity index (χ2n) is 6.23. The first kappa shape index (κ1) is 19.6. The minimum absolute atomic E-state index is 0.0384. The van der Waals surface area contributed by atoms with Gasteiger partial charge in [0.1, 0.15) is 5.75 Å². The van der Waals surface area contributed by atoms with Crippen LogP contribution in [-0.4, -0.2) is 45.6 Å². The molecule has 1 heterocycles. The Hall–Kier alpha value is -3.14. The maximum Gasteiger partial charge on any atom is 0.314 e. The smallest absolute Gasteiger partial charge is 0.314 e. The molecule has 0 amide bonds. The monoisotopic (exact) mass is 406 g/mol. The van der Waals surface area contributed by atoms with Gasteiger partial charge < -0.3 is 9.47 Å². The predicted molar refractivity (Wildman–Crippen MR) is 102 cm³/mol. The van der Waals surface area contributed by atoms with Crippen LogP contribution in [-0.2, 0) is 16.4 Å². The summed E-state index contributed by atoms with van der Waals surface area (Å²) in [7, 11) is -1.97. The van der Waals surface area contributed by atoms with E-state index in [1.165, 1.54) is 35.7 Å². The molecule has 9 nitrogen and oxygen atoms in total. The summed E-state index contributed by atoms with van der Waals surface area (Å²) in [6.45, 7) is -0.0535. The van der Waals surface area contributed by atoms with Crippen molar-refractivity contribution >= 4 is 27.2 Å². The highest BCUT2D eigenvalue weighted by atomic mass is 32.2. The van der Waals surface area contributed by atoms with Gasteiger partial charge in [-0.25, -0.2) is 8.42 Å². The van der Waals surface area contributed by atoms with Crippen molar-refractivity contribution in [1.29, 1.82) is 0 Å². The topological polar surface area (TPSA) is 116 Å². The van der Waals surface area contributed by atoms with Gasteiger partial charge in [0.05, 0.1) is 30.0 Å². The Labute approximate surface area is 161 Å². The van der Waals surface area contributed by atoms with E-state index < -0.39 is 14.9 Å². The fourth-order valence-electron chi connectivity index (χ4n) is 3.00. The number of fused-ring (bicyclic) bond motifs is 1. The number of nitro groups is 1. The lowest BCUT2D eigenvalue weighted by molar-refractivity contribution is -0.385. The van der Waals surface area contributed by atoms with Gasteiger partial charge in [-0.2, -0.15) is 0 Å². The molecule has 0 aliphatic carbocycles. The quantitative estimate of drug-likeness (QED) is 0.393. The Morgan fingerprint density at radius 2 is 2.00 bits per heavy atom. The van der Waals surface area contributed by atoms with Crippen LogP contribution in [0.2, 0.25) is 0 Å². The van der Waals surface area contributed by atoms with E-state index in [2.05, 4.69) is 0 Å². The lowest BCUT2D eigenvalue weighted by atomic mass is 10.1. The number of rotatable bonds is 7. The summed E-state index contributed by atoms with van der Waals surface area (Å²) in [5.41, 5.74) is 1.37. The first-order valence-electron chi connectivity index (χ1n) is 8.30. The molecule has 0 N–H and O–H groups in total. The minimum Gasteiger partial charge on any atom is -0.496 e. The molecular weight excluding hydrogens is 388 g/mol. The van der Waals surface area contributed by atoms with Gasteiger partial charge in [0.2, 0.25) is 10.0 Å². The molecule has 1 aliphatic rings. The Morgan fingerprint density at radius 1 is 1.25 bits per heavy atom. The minimum atomic E-state index is -3.36. The molecule has 0 unspecified atom stereocenters. The lowest BCUT2D eigenvalue weighted by Crippen LogP contribution is -2.27. The number of methoxy groups -OCH3 is 1. The molecule has 2 aromatic rings. The summed E-state index contributed by atoms with van der Waals surface area (Å²) >= 11 is 0. The van der Waals surface area contributed by atoms with Crippen LogP contribution in [0.15, 0.2) is 36.4 Å². The van der Waals surface area contributed by atoms with Crippen molar-refractivity contribution < 1.29 is 27.6 Å². The number of nitro benzene ring substituents is 1. The Balaban J connectivity index is 1.76. The van der Waals surface area contributed by atoms with Gasteiger partial charge in [0, 0.05) is 12.1 Å². The third-order valence-corrected chi connectivity index (χ3v) is 5.56. The van der Waals surface area contributed by atoms with Crippen LogP contribution in [0.4, 0.5) is 11.4 Å². The van der Waals surface area contributed by atoms with E-state index in [9.17, 15) is 23.3 Å². The number of hydrogen-bond donors (Lipinski definition) is 0. The van der Waals surface area contributed by atoms with Crippen LogP contribution in [0.3, 0.4) is 0 Å². The Bertz CT molecular complexity index is 1050. The number of sulfonamides is 1. The van der Waals surface area contributed by atoms with E-state index in [1.807, 2.05) is 0 Å². The number of carbonyl (C=O) groups excluding carboxylic acids is 1. The molecule has 0 saturated heterocycles. The van der Waals surface area contributed by atoms with E-state index in [1.54, 1.807) is 12.1 Å². The number of nitrogens with zero attached hydrogens (tertiary/aromatic N) is 2. The molecule has 0 radical (unpaired) electrons. The normalized spacial score (nSPS) is 13.1. The maximum absolute atomic E-state index is 12.4. The highest BCUT2D eigenvalue weighted by Gasteiger charge is 2.27. The van der Waals surface area contributed by atoms with Crippen LogP contribution in [0.5, 0.6) is 11.5 Å². The van der Waals surface area contributed by atoms with Crippen LogP contribution in [0, 0.1) is 10.1 Å². The van der Waals surface area contributed by atoms with E-state index in [4.69, 9.17) is 9.47 Å². The zero-order valence-electron chi connectivity index (χ0n) is 15.2. The van der Waals surface area contributed by atoms with Gasteiger partial charge in [-0.05, 0) is 42.3 Å². The molecule has 148 valence electrons. The van der Waals surface area contributed by atoms with Gasteiger partial charge in [0.15, 0.2) is 18.1 Å². The fraction of sp³-hybridized carbons (Fsp3) is 0.278. The van der Waals surface area contributed by atoms with Gasteiger partial charge in [-0.15, -0.1) is 0 Å². The van der Waals surface area contributed by atoms with Crippen molar-refractivity contribution in [3.63, 3.8) is 0 Å². The Kier molecular flexibility index (Phi) is 5.23. The number of anilines is 1. The van der Waals surface area contributed by atoms with Crippen LogP contribution < -0.4 is 13.8 Å². The summed E-state index contributed by atoms with van der Waals surface area (Å²) in [4.78, 5) is 23.0. The first-order valence-corrected chi connectivity index (χ1v) is 10.1. The fourth-order valence-corrected chi connectivity index (χ4v) is 3.96. The van der Waals surface area contributed by atoms with E-state index in [0.717, 1.165) is 11.8 Å². The van der Waals surface area contributed by atoms with Gasteiger partial charge in [0.25, 0.3) is 0 Å². The third kappa shape index (κ3) is 3.91. The molecule has 0 spiro atoms. The second kappa shape index (κ2) is 7.47. The molecule has 0 atom stereocenters. The molecule has 0 saturated carbocycles. The molecule has 3 rings (SSSR count). The zero-order chi connectivity index (χ0) is 20.5. The number of ether oxygens (including phenoxy) is 2. The molecule has 0 fully saturated rings. The Morgan fingerprint density at radius 3 is 2.64 bits per heavy atom. The summed E-state index contributed by atoms with van der Waals surface area (Å²) in [5, 5.41) is 11.2. The van der Waals surface area contributed by atoms with Gasteiger partial charge in [-0.3, -0.25) is 19.2 Å². The number of carbonyl (C=O) groups is 1. The molecule has 1 aliphatic heterocycles. The largest absolute Gasteiger partial charge is 0.496 e. The number of Topliss-reactive ketones (excluding diaryl/α,β-unsaturated/α-hetero) is 1. The highest BCUT2D eigenvalue weighted by Crippen LogP contribution is 2.32. The number of hydrogen-bond acceptors (Lipinski definition) is 7. The van der Waals surface area contributed by atoms with E-state index in [-0.39, 0.29) is 23.8 Å². The van der Waals surface area contributed by atoms with Crippen molar-refractivity contribution in [2.24, 2.45) is 0 Å². The number of benzene rings is 2. The highest BCUT2D eigenvalue weighted by molar-refractivity contribution is 7.92. The maximum atomic E-state index is 12.4. The van der Waals surface area contributed by atoms with Gasteiger partial charge in [-0.1, -0.05) is 0 Å². The molecule has 0 bridgehead atoms. The summed E-state index contributed by atoms with van der Waals surface area (Å²) < 4.78 is 35.2. The molecule has 28 heavy (non-hydrogen) atoms. The summed E-state index contributed by atoms with van der Waals surface area (Å²) in [6.07, 6.45) is 1.64. The van der Waals surface area contributed by atoms with Gasteiger partial charge >= 0.3 is 5.69 Å². The van der Waals surface area contributed by atoms with Crippen molar-refractivity contribution in [3.05, 3.63) is 57.6 Å². The zero-order valence-corrected chi connectivity index (χ0v) is 16.1. The lowest BCUT2D eigenvalue weighted by Gasteiger charge is -2.16. The van der Waals surface area contributed by atoms with E-state index in [0.29, 0.717) is 30.0 Å². The number of ketones is 1. The molecule has 0 aromatic heterocycles. The van der Waals surface area contributed by atoms with E-state index >= 15 is 0 Å². The van der Waals surface area contributed by atoms with Crippen molar-refractivity contribution in [2.75, 3.05) is 30.8 Å². The first-order chi connectivity index (χ1) is 13.2. The molecule has 10 heteroatoms. The predicted octanol–water partition coefficient (Wildman–Crippen LogP) is 2.19. The van der Waals surface area contributed by atoms with Crippen molar-refractivity contribution in [1.82, 2.24) is 0 Å². The van der Waals surface area contributed by atoms with Crippen LogP contribution in [0.1, 0.15) is 15.9 Å². The third-order valence-electron chi connectivity index (χ3n) is 4.38. The second-order valence-corrected chi connectivity index (χ2v) is 8.14. The standard InChI is InChI=1S/C18H18N2O7S/c1-26-14-4-6-18(16(10-14)20(22)23)27-11-17(21)13-3-5-15-12(9-13)7-8-19(15)28(2,24)25/h3-6,9-10H,7-8,11H2,1-2H3. The van der Waals surface area contributed by atoms with Crippen LogP contribution in [0.25, 0.3) is 0 Å². The summed E-state index contributed by atoms with van der Waals surface area (Å²) in [5.74, 6) is -0.103. The average molecular weight is 406 g/mol.